The summed E-state index contributed by atoms with van der Waals surface area (Å²) in [6.07, 6.45) is 0. The van der Waals surface area contributed by atoms with Crippen molar-refractivity contribution >= 4 is 60.7 Å². The maximum absolute atomic E-state index is 12.7. The van der Waals surface area contributed by atoms with Crippen LogP contribution in [-0.4, -0.2) is 30.7 Å². The number of thioether (sulfide) groups is 1. The molecule has 3 aromatic heterocycles. The molecule has 144 valence electrons. The zero-order valence-electron chi connectivity index (χ0n) is 15.3. The van der Waals surface area contributed by atoms with Crippen LogP contribution in [0.25, 0.3) is 26.4 Å². The Hall–Kier alpha value is -2.75. The molecule has 0 spiro atoms. The Kier molecular flexibility index (Phi) is 4.78. The van der Waals surface area contributed by atoms with E-state index < -0.39 is 0 Å². The standard InChI is InChI=1S/C20H15N5OS3/c1-12(17(26)22-18-21-14(11-27-18)13-7-3-2-4-8-13)28-19-23-24-20-25(19)15-9-5-6-10-16(15)29-20/h2-12H,1H3,(H,21,22,26). The Morgan fingerprint density at radius 2 is 1.90 bits per heavy atom. The van der Waals surface area contributed by atoms with Gasteiger partial charge in [-0.05, 0) is 19.1 Å². The third-order valence-corrected chi connectivity index (χ3v) is 7.18. The molecule has 0 aliphatic carbocycles. The summed E-state index contributed by atoms with van der Waals surface area (Å²) in [5, 5.41) is 14.4. The predicted octanol–water partition coefficient (Wildman–Crippen LogP) is 5.19. The third-order valence-electron chi connectivity index (χ3n) is 4.37. The first-order chi connectivity index (χ1) is 14.2. The lowest BCUT2D eigenvalue weighted by Crippen LogP contribution is -2.22. The molecule has 0 aliphatic heterocycles. The topological polar surface area (TPSA) is 72.2 Å². The van der Waals surface area contributed by atoms with Crippen LogP contribution in [-0.2, 0) is 4.79 Å². The molecule has 1 unspecified atom stereocenters. The van der Waals surface area contributed by atoms with Crippen molar-refractivity contribution in [3.63, 3.8) is 0 Å². The Bertz CT molecular complexity index is 1310. The van der Waals surface area contributed by atoms with Gasteiger partial charge in [-0.3, -0.25) is 9.20 Å². The number of para-hydroxylation sites is 1. The van der Waals surface area contributed by atoms with E-state index in [1.165, 1.54) is 23.1 Å². The van der Waals surface area contributed by atoms with E-state index in [0.29, 0.717) is 10.3 Å². The number of aromatic nitrogens is 4. The lowest BCUT2D eigenvalue weighted by atomic mass is 10.2. The molecule has 0 aliphatic rings. The SMILES string of the molecule is CC(Sc1nnc2sc3ccccc3n12)C(=O)Nc1nc(-c2ccccc2)cs1. The van der Waals surface area contributed by atoms with Gasteiger partial charge in [0.15, 0.2) is 10.3 Å². The van der Waals surface area contributed by atoms with E-state index in [-0.39, 0.29) is 11.2 Å². The Balaban J connectivity index is 1.33. The fraction of sp³-hybridized carbons (Fsp3) is 0.100. The quantitative estimate of drug-likeness (QED) is 0.383. The maximum atomic E-state index is 12.7. The smallest absolute Gasteiger partial charge is 0.239 e. The van der Waals surface area contributed by atoms with E-state index in [9.17, 15) is 4.79 Å². The predicted molar refractivity (Wildman–Crippen MR) is 120 cm³/mol. The summed E-state index contributed by atoms with van der Waals surface area (Å²) in [4.78, 5) is 18.1. The second-order valence-electron chi connectivity index (χ2n) is 6.32. The van der Waals surface area contributed by atoms with Crippen molar-refractivity contribution in [2.24, 2.45) is 0 Å². The number of amides is 1. The molecule has 0 saturated heterocycles. The first-order valence-corrected chi connectivity index (χ1v) is 11.5. The van der Waals surface area contributed by atoms with E-state index in [1.807, 2.05) is 65.2 Å². The second kappa shape index (κ2) is 7.58. The van der Waals surface area contributed by atoms with Gasteiger partial charge in [0.1, 0.15) is 0 Å². The minimum absolute atomic E-state index is 0.111. The molecule has 6 nitrogen and oxygen atoms in total. The highest BCUT2D eigenvalue weighted by Crippen LogP contribution is 2.31. The number of carbonyl (C=O) groups is 1. The van der Waals surface area contributed by atoms with Gasteiger partial charge >= 0.3 is 0 Å². The monoisotopic (exact) mass is 437 g/mol. The van der Waals surface area contributed by atoms with Crippen LogP contribution in [0, 0.1) is 0 Å². The molecular formula is C20H15N5OS3. The fourth-order valence-electron chi connectivity index (χ4n) is 2.92. The van der Waals surface area contributed by atoms with E-state index >= 15 is 0 Å². The average Bonchev–Trinajstić information content (AvgIpc) is 3.45. The van der Waals surface area contributed by atoms with Crippen LogP contribution in [0.3, 0.4) is 0 Å². The van der Waals surface area contributed by atoms with E-state index in [0.717, 1.165) is 26.4 Å². The molecular weight excluding hydrogens is 422 g/mol. The number of nitrogens with zero attached hydrogens (tertiary/aromatic N) is 4. The Morgan fingerprint density at radius 3 is 2.76 bits per heavy atom. The lowest BCUT2D eigenvalue weighted by Gasteiger charge is -2.09. The highest BCUT2D eigenvalue weighted by Gasteiger charge is 2.21. The molecule has 5 aromatic rings. The van der Waals surface area contributed by atoms with E-state index in [4.69, 9.17) is 0 Å². The van der Waals surface area contributed by atoms with Gasteiger partial charge in [-0.15, -0.1) is 21.5 Å². The molecule has 29 heavy (non-hydrogen) atoms. The fourth-order valence-corrected chi connectivity index (χ4v) is 5.53. The third kappa shape index (κ3) is 3.52. The highest BCUT2D eigenvalue weighted by molar-refractivity contribution is 8.00. The largest absolute Gasteiger partial charge is 0.301 e. The van der Waals surface area contributed by atoms with Crippen LogP contribution >= 0.6 is 34.4 Å². The number of carbonyl (C=O) groups excluding carboxylic acids is 1. The van der Waals surface area contributed by atoms with E-state index in [1.54, 1.807) is 11.3 Å². The van der Waals surface area contributed by atoms with Crippen LogP contribution in [0.15, 0.2) is 65.1 Å². The van der Waals surface area contributed by atoms with Crippen molar-refractivity contribution < 1.29 is 4.79 Å². The summed E-state index contributed by atoms with van der Waals surface area (Å²) in [6.45, 7) is 1.86. The average molecular weight is 438 g/mol. The number of hydrogen-bond acceptors (Lipinski definition) is 7. The minimum Gasteiger partial charge on any atom is -0.301 e. The molecule has 1 atom stereocenters. The number of rotatable bonds is 5. The molecule has 3 heterocycles. The first-order valence-electron chi connectivity index (χ1n) is 8.90. The number of benzene rings is 2. The zero-order chi connectivity index (χ0) is 19.8. The molecule has 0 radical (unpaired) electrons. The van der Waals surface area contributed by atoms with Crippen molar-refractivity contribution in [2.75, 3.05) is 5.32 Å². The van der Waals surface area contributed by atoms with Crippen molar-refractivity contribution in [3.8, 4) is 11.3 Å². The van der Waals surface area contributed by atoms with Gasteiger partial charge in [-0.25, -0.2) is 4.98 Å². The summed E-state index contributed by atoms with van der Waals surface area (Å²) in [7, 11) is 0. The molecule has 1 amide bonds. The number of fused-ring (bicyclic) bond motifs is 3. The Labute approximate surface area is 178 Å². The van der Waals surface area contributed by atoms with Gasteiger partial charge in [0.05, 0.1) is 21.2 Å². The van der Waals surface area contributed by atoms with Crippen LogP contribution in [0.5, 0.6) is 0 Å². The zero-order valence-corrected chi connectivity index (χ0v) is 17.7. The van der Waals surface area contributed by atoms with E-state index in [2.05, 4.69) is 26.6 Å². The molecule has 0 saturated carbocycles. The van der Waals surface area contributed by atoms with Crippen molar-refractivity contribution in [2.45, 2.75) is 17.3 Å². The Morgan fingerprint density at radius 1 is 1.10 bits per heavy atom. The van der Waals surface area contributed by atoms with Gasteiger partial charge in [-0.1, -0.05) is 65.6 Å². The molecule has 9 heteroatoms. The second-order valence-corrected chi connectivity index (χ2v) is 9.50. The molecule has 0 fully saturated rings. The number of nitrogens with one attached hydrogen (secondary N) is 1. The number of hydrogen-bond donors (Lipinski definition) is 1. The van der Waals surface area contributed by atoms with Crippen LogP contribution in [0.4, 0.5) is 5.13 Å². The molecule has 2 aromatic carbocycles. The van der Waals surface area contributed by atoms with Crippen molar-refractivity contribution in [3.05, 3.63) is 60.0 Å². The minimum atomic E-state index is -0.342. The lowest BCUT2D eigenvalue weighted by molar-refractivity contribution is -0.115. The van der Waals surface area contributed by atoms with Gasteiger partial charge in [-0.2, -0.15) is 0 Å². The highest BCUT2D eigenvalue weighted by atomic mass is 32.2. The number of anilines is 1. The molecule has 5 rings (SSSR count). The van der Waals surface area contributed by atoms with Gasteiger partial charge in [0.25, 0.3) is 0 Å². The maximum Gasteiger partial charge on any atom is 0.239 e. The summed E-state index contributed by atoms with van der Waals surface area (Å²) in [5.41, 5.74) is 2.94. The van der Waals surface area contributed by atoms with Crippen LogP contribution in [0.1, 0.15) is 6.92 Å². The normalized spacial score (nSPS) is 12.4. The number of thiazole rings is 2. The first kappa shape index (κ1) is 18.3. The van der Waals surface area contributed by atoms with Crippen molar-refractivity contribution in [1.82, 2.24) is 19.6 Å². The summed E-state index contributed by atoms with van der Waals surface area (Å²) in [5.74, 6) is -0.111. The van der Waals surface area contributed by atoms with Crippen LogP contribution < -0.4 is 5.32 Å². The summed E-state index contributed by atoms with van der Waals surface area (Å²) in [6, 6.07) is 18.0. The van der Waals surface area contributed by atoms with Gasteiger partial charge in [0, 0.05) is 10.9 Å². The van der Waals surface area contributed by atoms with Gasteiger partial charge in [0.2, 0.25) is 10.9 Å². The summed E-state index contributed by atoms with van der Waals surface area (Å²) >= 11 is 4.40. The van der Waals surface area contributed by atoms with Crippen LogP contribution in [0.2, 0.25) is 0 Å². The summed E-state index contributed by atoms with van der Waals surface area (Å²) < 4.78 is 3.15. The molecule has 0 bridgehead atoms. The molecule has 1 N–H and O–H groups in total. The van der Waals surface area contributed by atoms with Crippen molar-refractivity contribution in [1.29, 1.82) is 0 Å². The van der Waals surface area contributed by atoms with Gasteiger partial charge < -0.3 is 5.32 Å².